The van der Waals surface area contributed by atoms with Gasteiger partial charge in [0, 0.05) is 24.2 Å². The van der Waals surface area contributed by atoms with Crippen LogP contribution in [0.4, 0.5) is 11.4 Å². The first-order valence-electron chi connectivity index (χ1n) is 9.69. The molecule has 0 aromatic heterocycles. The third-order valence-corrected chi connectivity index (χ3v) is 5.18. The van der Waals surface area contributed by atoms with E-state index in [-0.39, 0.29) is 0 Å². The minimum absolute atomic E-state index is 0.395. The molecule has 2 atom stereocenters. The molecular formula is C24H22N2O4. The van der Waals surface area contributed by atoms with E-state index < -0.39 is 24.1 Å². The summed E-state index contributed by atoms with van der Waals surface area (Å²) in [6, 6.07) is 20.9. The number of rotatable bonds is 4. The lowest BCUT2D eigenvalue weighted by molar-refractivity contribution is -0.0389. The number of nitrogens with two attached hydrogens (primary N) is 2. The maximum atomic E-state index is 12.7. The molecule has 0 fully saturated rings. The molecule has 152 valence electrons. The molecule has 4 N–H and O–H groups in total. The van der Waals surface area contributed by atoms with E-state index in [0.717, 1.165) is 11.1 Å². The van der Waals surface area contributed by atoms with E-state index >= 15 is 0 Å². The summed E-state index contributed by atoms with van der Waals surface area (Å²) >= 11 is 0. The molecule has 0 radical (unpaired) electrons. The Bertz CT molecular complexity index is 975. The predicted octanol–water partition coefficient (Wildman–Crippen LogP) is 3.40. The summed E-state index contributed by atoms with van der Waals surface area (Å²) in [5, 5.41) is 0. The summed E-state index contributed by atoms with van der Waals surface area (Å²) in [4.78, 5) is 25.3. The zero-order chi connectivity index (χ0) is 21.1. The topological polar surface area (TPSA) is 105 Å². The summed E-state index contributed by atoms with van der Waals surface area (Å²) in [5.41, 5.74) is 15.4. The van der Waals surface area contributed by atoms with E-state index in [0.29, 0.717) is 35.3 Å². The van der Waals surface area contributed by atoms with Gasteiger partial charge in [0.1, 0.15) is 12.2 Å². The first-order chi connectivity index (χ1) is 14.5. The van der Waals surface area contributed by atoms with Crippen molar-refractivity contribution in [2.45, 2.75) is 25.0 Å². The second-order valence-electron chi connectivity index (χ2n) is 7.31. The molecule has 0 amide bonds. The second-order valence-corrected chi connectivity index (χ2v) is 7.31. The molecule has 4 rings (SSSR count). The number of fused-ring (bicyclic) bond motifs is 1. The SMILES string of the molecule is Nc1ccc(C(=O)O[C@H]2Cc3ccccc3C[C@H]2OC(=O)c2ccc(N)cc2)cc1. The van der Waals surface area contributed by atoms with E-state index in [2.05, 4.69) is 0 Å². The van der Waals surface area contributed by atoms with Crippen molar-refractivity contribution in [1.29, 1.82) is 0 Å². The highest BCUT2D eigenvalue weighted by molar-refractivity contribution is 5.91. The van der Waals surface area contributed by atoms with Crippen LogP contribution < -0.4 is 11.5 Å². The maximum absolute atomic E-state index is 12.7. The molecule has 1 aliphatic carbocycles. The summed E-state index contributed by atoms with van der Waals surface area (Å²) in [7, 11) is 0. The van der Waals surface area contributed by atoms with Crippen LogP contribution in [0.1, 0.15) is 31.8 Å². The number of carbonyl (C=O) groups is 2. The third-order valence-electron chi connectivity index (χ3n) is 5.18. The average Bonchev–Trinajstić information content (AvgIpc) is 2.75. The fraction of sp³-hybridized carbons (Fsp3) is 0.167. The van der Waals surface area contributed by atoms with Crippen molar-refractivity contribution in [3.63, 3.8) is 0 Å². The lowest BCUT2D eigenvalue weighted by Gasteiger charge is -2.32. The predicted molar refractivity (Wildman–Crippen MR) is 114 cm³/mol. The van der Waals surface area contributed by atoms with Gasteiger partial charge in [-0.05, 0) is 59.7 Å². The highest BCUT2D eigenvalue weighted by atomic mass is 16.6. The summed E-state index contributed by atoms with van der Waals surface area (Å²) in [6.07, 6.45) is -0.252. The Morgan fingerprint density at radius 1 is 0.633 bits per heavy atom. The van der Waals surface area contributed by atoms with Crippen LogP contribution in [0, 0.1) is 0 Å². The normalized spacial score (nSPS) is 17.6. The first kappa shape index (κ1) is 19.5. The van der Waals surface area contributed by atoms with E-state index in [4.69, 9.17) is 20.9 Å². The molecule has 0 spiro atoms. The molecule has 0 bridgehead atoms. The Morgan fingerprint density at radius 3 is 1.37 bits per heavy atom. The van der Waals surface area contributed by atoms with Crippen LogP contribution in [-0.2, 0) is 22.3 Å². The quantitative estimate of drug-likeness (QED) is 0.512. The zero-order valence-electron chi connectivity index (χ0n) is 16.3. The molecular weight excluding hydrogens is 380 g/mol. The number of benzene rings is 3. The van der Waals surface area contributed by atoms with Crippen LogP contribution >= 0.6 is 0 Å². The van der Waals surface area contributed by atoms with Crippen molar-refractivity contribution < 1.29 is 19.1 Å². The van der Waals surface area contributed by atoms with E-state index in [9.17, 15) is 9.59 Å². The zero-order valence-corrected chi connectivity index (χ0v) is 16.3. The minimum Gasteiger partial charge on any atom is -0.454 e. The molecule has 0 saturated carbocycles. The molecule has 3 aromatic rings. The van der Waals surface area contributed by atoms with Crippen molar-refractivity contribution in [2.75, 3.05) is 11.5 Å². The number of anilines is 2. The highest BCUT2D eigenvalue weighted by Gasteiger charge is 2.34. The van der Waals surface area contributed by atoms with Crippen molar-refractivity contribution in [1.82, 2.24) is 0 Å². The monoisotopic (exact) mass is 402 g/mol. The molecule has 0 aliphatic heterocycles. The molecule has 6 nitrogen and oxygen atoms in total. The second kappa shape index (κ2) is 8.29. The summed E-state index contributed by atoms with van der Waals surface area (Å²) in [6.45, 7) is 0. The van der Waals surface area contributed by atoms with Crippen LogP contribution in [0.5, 0.6) is 0 Å². The van der Waals surface area contributed by atoms with Crippen LogP contribution in [0.3, 0.4) is 0 Å². The van der Waals surface area contributed by atoms with Crippen LogP contribution in [-0.4, -0.2) is 24.1 Å². The summed E-state index contributed by atoms with van der Waals surface area (Å²) < 4.78 is 11.5. The van der Waals surface area contributed by atoms with Crippen LogP contribution in [0.15, 0.2) is 72.8 Å². The van der Waals surface area contributed by atoms with Crippen molar-refractivity contribution in [3.05, 3.63) is 95.1 Å². The highest BCUT2D eigenvalue weighted by Crippen LogP contribution is 2.27. The van der Waals surface area contributed by atoms with Gasteiger partial charge in [-0.25, -0.2) is 9.59 Å². The van der Waals surface area contributed by atoms with Crippen LogP contribution in [0.25, 0.3) is 0 Å². The van der Waals surface area contributed by atoms with E-state index in [1.54, 1.807) is 48.5 Å². The van der Waals surface area contributed by atoms with Crippen molar-refractivity contribution >= 4 is 23.3 Å². The number of hydrogen-bond acceptors (Lipinski definition) is 6. The number of esters is 2. The fourth-order valence-corrected chi connectivity index (χ4v) is 3.54. The van der Waals surface area contributed by atoms with Crippen molar-refractivity contribution in [2.24, 2.45) is 0 Å². The van der Waals surface area contributed by atoms with Crippen LogP contribution in [0.2, 0.25) is 0 Å². The Kier molecular flexibility index (Phi) is 5.39. The smallest absolute Gasteiger partial charge is 0.338 e. The Hall–Kier alpha value is -3.80. The Labute approximate surface area is 174 Å². The molecule has 0 saturated heterocycles. The van der Waals surface area contributed by atoms with Gasteiger partial charge in [0.15, 0.2) is 0 Å². The maximum Gasteiger partial charge on any atom is 0.338 e. The number of nitrogen functional groups attached to an aromatic ring is 2. The van der Waals surface area contributed by atoms with Gasteiger partial charge in [-0.2, -0.15) is 0 Å². The lowest BCUT2D eigenvalue weighted by Crippen LogP contribution is -2.41. The fourth-order valence-electron chi connectivity index (χ4n) is 3.54. The number of hydrogen-bond donors (Lipinski definition) is 2. The standard InChI is InChI=1S/C24H22N2O4/c25-19-9-5-15(6-10-19)23(27)29-21-13-17-3-1-2-4-18(17)14-22(21)30-24(28)16-7-11-20(26)12-8-16/h1-12,21-22H,13-14,25-26H2/t21-,22+. The molecule has 0 heterocycles. The Morgan fingerprint density at radius 2 is 1.00 bits per heavy atom. The minimum atomic E-state index is -0.595. The number of ether oxygens (including phenoxy) is 2. The molecule has 3 aromatic carbocycles. The molecule has 1 aliphatic rings. The van der Waals surface area contributed by atoms with Gasteiger partial charge in [0.25, 0.3) is 0 Å². The largest absolute Gasteiger partial charge is 0.454 e. The van der Waals surface area contributed by atoms with Gasteiger partial charge in [-0.1, -0.05) is 24.3 Å². The van der Waals surface area contributed by atoms with Gasteiger partial charge >= 0.3 is 11.9 Å². The van der Waals surface area contributed by atoms with Gasteiger partial charge in [0.2, 0.25) is 0 Å². The van der Waals surface area contributed by atoms with E-state index in [1.807, 2.05) is 24.3 Å². The first-order valence-corrected chi connectivity index (χ1v) is 9.69. The van der Waals surface area contributed by atoms with E-state index in [1.165, 1.54) is 0 Å². The van der Waals surface area contributed by atoms with Crippen molar-refractivity contribution in [3.8, 4) is 0 Å². The summed E-state index contributed by atoms with van der Waals surface area (Å²) in [5.74, 6) is -0.958. The van der Waals surface area contributed by atoms with Gasteiger partial charge in [-0.15, -0.1) is 0 Å². The van der Waals surface area contributed by atoms with Gasteiger partial charge in [-0.3, -0.25) is 0 Å². The Balaban J connectivity index is 1.55. The molecule has 30 heavy (non-hydrogen) atoms. The molecule has 6 heteroatoms. The van der Waals surface area contributed by atoms with Gasteiger partial charge < -0.3 is 20.9 Å². The number of carbonyl (C=O) groups excluding carboxylic acids is 2. The average molecular weight is 402 g/mol. The third kappa shape index (κ3) is 4.27. The lowest BCUT2D eigenvalue weighted by atomic mass is 9.87. The molecule has 0 unspecified atom stereocenters. The van der Waals surface area contributed by atoms with Gasteiger partial charge in [0.05, 0.1) is 11.1 Å².